The summed E-state index contributed by atoms with van der Waals surface area (Å²) in [5.41, 5.74) is 0.485. The molecular weight excluding hydrogens is 450 g/mol. The Morgan fingerprint density at radius 1 is 1.09 bits per heavy atom. The van der Waals surface area contributed by atoms with Crippen LogP contribution < -0.4 is 4.74 Å². The van der Waals surface area contributed by atoms with E-state index in [1.165, 1.54) is 6.07 Å². The molecule has 0 aliphatic carbocycles. The van der Waals surface area contributed by atoms with Crippen LogP contribution in [0.1, 0.15) is 49.9 Å². The zero-order chi connectivity index (χ0) is 25.0. The van der Waals surface area contributed by atoms with Crippen LogP contribution in [0.3, 0.4) is 0 Å². The minimum Gasteiger partial charge on any atom is -0.493 e. The highest BCUT2D eigenvalue weighted by atomic mass is 19.1. The number of hydrogen-bond acceptors (Lipinski definition) is 4. The molecule has 2 aromatic carbocycles. The number of aliphatic hydroxyl groups excluding tert-OH is 1. The van der Waals surface area contributed by atoms with E-state index in [1.54, 1.807) is 55.1 Å². The average Bonchev–Trinajstić information content (AvgIpc) is 2.82. The van der Waals surface area contributed by atoms with Gasteiger partial charge in [0.2, 0.25) is 0 Å². The minimum atomic E-state index is -1.19. The topological polar surface area (TPSA) is 53.0 Å². The Kier molecular flexibility index (Phi) is 8.07. The quantitative estimate of drug-likeness (QED) is 0.603. The second-order valence-corrected chi connectivity index (χ2v) is 10.5. The molecule has 2 aliphatic heterocycles. The SMILES string of the molecule is CC(C)(F)CN1CCC(COc2ccc(-c3ccc(C(=O)N4CCC[C@@H](O)C4)cc3)c(F)c2)CC1. The normalized spacial score (nSPS) is 20.1. The molecule has 5 nitrogen and oxygen atoms in total. The third kappa shape index (κ3) is 7.01. The zero-order valence-electron chi connectivity index (χ0n) is 20.7. The fourth-order valence-corrected chi connectivity index (χ4v) is 4.99. The number of alkyl halides is 1. The Hall–Kier alpha value is -2.51. The smallest absolute Gasteiger partial charge is 0.253 e. The highest BCUT2D eigenvalue weighted by Crippen LogP contribution is 2.28. The summed E-state index contributed by atoms with van der Waals surface area (Å²) in [5.74, 6) is 0.385. The van der Waals surface area contributed by atoms with Crippen molar-refractivity contribution in [3.63, 3.8) is 0 Å². The lowest BCUT2D eigenvalue weighted by Crippen LogP contribution is -2.42. The number of β-amino-alcohol motifs (C(OH)–C–C–N with tert-alkyl or cyclic N) is 1. The van der Waals surface area contributed by atoms with E-state index in [9.17, 15) is 18.7 Å². The lowest BCUT2D eigenvalue weighted by atomic mass is 9.97. The first-order valence-electron chi connectivity index (χ1n) is 12.6. The number of piperidine rings is 2. The highest BCUT2D eigenvalue weighted by molar-refractivity contribution is 5.94. The molecule has 1 amide bonds. The molecule has 1 N–H and O–H groups in total. The van der Waals surface area contributed by atoms with Gasteiger partial charge in [-0.1, -0.05) is 12.1 Å². The van der Waals surface area contributed by atoms with Gasteiger partial charge in [0.05, 0.1) is 12.7 Å². The molecule has 190 valence electrons. The number of aliphatic hydroxyl groups is 1. The molecule has 0 aromatic heterocycles. The van der Waals surface area contributed by atoms with Crippen molar-refractivity contribution >= 4 is 5.91 Å². The molecule has 1 atom stereocenters. The van der Waals surface area contributed by atoms with Crippen molar-refractivity contribution in [3.05, 3.63) is 53.8 Å². The highest BCUT2D eigenvalue weighted by Gasteiger charge is 2.26. The maximum absolute atomic E-state index is 14.9. The van der Waals surface area contributed by atoms with Gasteiger partial charge in [-0.15, -0.1) is 0 Å². The minimum absolute atomic E-state index is 0.112. The Bertz CT molecular complexity index is 998. The molecule has 2 aromatic rings. The summed E-state index contributed by atoms with van der Waals surface area (Å²) in [5, 5.41) is 9.82. The van der Waals surface area contributed by atoms with Crippen LogP contribution in [-0.2, 0) is 0 Å². The summed E-state index contributed by atoms with van der Waals surface area (Å²) in [6, 6.07) is 11.8. The van der Waals surface area contributed by atoms with Crippen molar-refractivity contribution in [2.24, 2.45) is 5.92 Å². The van der Waals surface area contributed by atoms with Gasteiger partial charge in [0.1, 0.15) is 17.2 Å². The Balaban J connectivity index is 1.31. The first-order valence-corrected chi connectivity index (χ1v) is 12.6. The predicted molar refractivity (Wildman–Crippen MR) is 133 cm³/mol. The molecule has 2 saturated heterocycles. The number of likely N-dealkylation sites (tertiary alicyclic amines) is 2. The molecule has 2 fully saturated rings. The summed E-state index contributed by atoms with van der Waals surface area (Å²) < 4.78 is 34.6. The zero-order valence-corrected chi connectivity index (χ0v) is 20.7. The first-order chi connectivity index (χ1) is 16.7. The van der Waals surface area contributed by atoms with Gasteiger partial charge in [-0.2, -0.15) is 0 Å². The van der Waals surface area contributed by atoms with Gasteiger partial charge in [0.15, 0.2) is 0 Å². The largest absolute Gasteiger partial charge is 0.493 e. The molecule has 4 rings (SSSR count). The van der Waals surface area contributed by atoms with Crippen LogP contribution in [0.15, 0.2) is 42.5 Å². The molecule has 7 heteroatoms. The number of carbonyl (C=O) groups excluding carboxylic acids is 1. The van der Waals surface area contributed by atoms with Crippen LogP contribution in [0.4, 0.5) is 8.78 Å². The summed E-state index contributed by atoms with van der Waals surface area (Å²) in [6.45, 7) is 6.88. The molecule has 0 saturated carbocycles. The number of hydrogen-bond donors (Lipinski definition) is 1. The van der Waals surface area contributed by atoms with Crippen LogP contribution in [-0.4, -0.2) is 71.9 Å². The van der Waals surface area contributed by atoms with Crippen molar-refractivity contribution in [1.29, 1.82) is 0 Å². The summed E-state index contributed by atoms with van der Waals surface area (Å²) in [4.78, 5) is 16.5. The summed E-state index contributed by atoms with van der Waals surface area (Å²) in [6.07, 6.45) is 2.93. The molecule has 2 heterocycles. The molecular formula is C28H36F2N2O3. The van der Waals surface area contributed by atoms with Gasteiger partial charge < -0.3 is 19.6 Å². The van der Waals surface area contributed by atoms with E-state index in [4.69, 9.17) is 4.74 Å². The summed E-state index contributed by atoms with van der Waals surface area (Å²) in [7, 11) is 0. The van der Waals surface area contributed by atoms with Gasteiger partial charge in [-0.25, -0.2) is 8.78 Å². The van der Waals surface area contributed by atoms with E-state index in [0.717, 1.165) is 38.8 Å². The van der Waals surface area contributed by atoms with E-state index in [1.807, 2.05) is 0 Å². The number of amides is 1. The number of halogens is 2. The molecule has 35 heavy (non-hydrogen) atoms. The Morgan fingerprint density at radius 3 is 2.43 bits per heavy atom. The number of carbonyl (C=O) groups is 1. The van der Waals surface area contributed by atoms with E-state index in [0.29, 0.717) is 54.6 Å². The second-order valence-electron chi connectivity index (χ2n) is 10.5. The van der Waals surface area contributed by atoms with Crippen LogP contribution >= 0.6 is 0 Å². The van der Waals surface area contributed by atoms with Gasteiger partial charge in [0, 0.05) is 36.8 Å². The molecule has 2 aliphatic rings. The maximum Gasteiger partial charge on any atom is 0.253 e. The molecule has 0 spiro atoms. The van der Waals surface area contributed by atoms with Gasteiger partial charge in [-0.3, -0.25) is 4.79 Å². The summed E-state index contributed by atoms with van der Waals surface area (Å²) >= 11 is 0. The number of benzene rings is 2. The number of rotatable bonds is 7. The van der Waals surface area contributed by atoms with E-state index < -0.39 is 11.8 Å². The average molecular weight is 487 g/mol. The van der Waals surface area contributed by atoms with Crippen LogP contribution in [0.25, 0.3) is 11.1 Å². The number of ether oxygens (including phenoxy) is 1. The third-order valence-corrected chi connectivity index (χ3v) is 6.86. The molecule has 0 bridgehead atoms. The van der Waals surface area contributed by atoms with Crippen molar-refractivity contribution in [3.8, 4) is 16.9 Å². The van der Waals surface area contributed by atoms with Gasteiger partial charge in [-0.05, 0) is 88.4 Å². The van der Waals surface area contributed by atoms with Gasteiger partial charge >= 0.3 is 0 Å². The fraction of sp³-hybridized carbons (Fsp3) is 0.536. The van der Waals surface area contributed by atoms with E-state index in [-0.39, 0.29) is 11.7 Å². The maximum atomic E-state index is 14.9. The van der Waals surface area contributed by atoms with Crippen molar-refractivity contribution in [1.82, 2.24) is 9.80 Å². The molecule has 0 radical (unpaired) electrons. The Labute approximate surface area is 206 Å². The lowest BCUT2D eigenvalue weighted by molar-refractivity contribution is 0.0474. The third-order valence-electron chi connectivity index (χ3n) is 6.86. The fourth-order valence-electron chi connectivity index (χ4n) is 4.99. The predicted octanol–water partition coefficient (Wildman–Crippen LogP) is 4.93. The van der Waals surface area contributed by atoms with Crippen LogP contribution in [0, 0.1) is 11.7 Å². The number of nitrogens with zero attached hydrogens (tertiary/aromatic N) is 2. The standard InChI is InChI=1S/C28H36F2N2O3/c1-28(2,30)19-31-14-11-20(12-15-31)18-35-24-9-10-25(26(29)16-24)21-5-7-22(8-6-21)27(34)32-13-3-4-23(33)17-32/h5-10,16,20,23,33H,3-4,11-15,17-19H2,1-2H3/t23-/m1/s1. The van der Waals surface area contributed by atoms with Gasteiger partial charge in [0.25, 0.3) is 5.91 Å². The van der Waals surface area contributed by atoms with Crippen molar-refractivity contribution < 1.29 is 23.4 Å². The van der Waals surface area contributed by atoms with Crippen LogP contribution in [0.5, 0.6) is 5.75 Å². The molecule has 0 unspecified atom stereocenters. The van der Waals surface area contributed by atoms with Crippen LogP contribution in [0.2, 0.25) is 0 Å². The van der Waals surface area contributed by atoms with E-state index >= 15 is 0 Å². The van der Waals surface area contributed by atoms with E-state index in [2.05, 4.69) is 4.90 Å². The Morgan fingerprint density at radius 2 is 1.80 bits per heavy atom. The van der Waals surface area contributed by atoms with Crippen molar-refractivity contribution in [2.75, 3.05) is 39.3 Å². The first kappa shape index (κ1) is 25.6. The lowest BCUT2D eigenvalue weighted by Gasteiger charge is -2.34. The van der Waals surface area contributed by atoms with Crippen molar-refractivity contribution in [2.45, 2.75) is 51.3 Å². The monoisotopic (exact) mass is 486 g/mol. The second kappa shape index (κ2) is 11.0.